The molecule has 0 spiro atoms. The van der Waals surface area contributed by atoms with Gasteiger partial charge in [-0.05, 0) is 74.3 Å². The van der Waals surface area contributed by atoms with Crippen molar-refractivity contribution < 1.29 is 4.74 Å². The van der Waals surface area contributed by atoms with Gasteiger partial charge in [0.25, 0.3) is 0 Å². The van der Waals surface area contributed by atoms with E-state index < -0.39 is 0 Å². The summed E-state index contributed by atoms with van der Waals surface area (Å²) in [7, 11) is 2.22. The summed E-state index contributed by atoms with van der Waals surface area (Å²) in [6, 6.07) is 10.8. The van der Waals surface area contributed by atoms with Gasteiger partial charge in [0.2, 0.25) is 0 Å². The Morgan fingerprint density at radius 1 is 1.08 bits per heavy atom. The SMILES string of the molecule is CN(CCCOCC[C@@H]1CC[C@H]2C[C@@H]1C2(C)C)CCc1ccccc1. The lowest BCUT2D eigenvalue weighted by Gasteiger charge is -2.60. The first-order valence-corrected chi connectivity index (χ1v) is 10.4. The number of ether oxygens (including phenoxy) is 1. The second kappa shape index (κ2) is 8.68. The average Bonchev–Trinajstić information content (AvgIpc) is 2.63. The molecule has 25 heavy (non-hydrogen) atoms. The summed E-state index contributed by atoms with van der Waals surface area (Å²) in [6.07, 6.45) is 7.96. The van der Waals surface area contributed by atoms with Crippen LogP contribution in [0.1, 0.15) is 51.5 Å². The van der Waals surface area contributed by atoms with Crippen LogP contribution >= 0.6 is 0 Å². The van der Waals surface area contributed by atoms with Crippen LogP contribution in [0.2, 0.25) is 0 Å². The van der Waals surface area contributed by atoms with Crippen LogP contribution in [0.3, 0.4) is 0 Å². The molecule has 3 aliphatic rings. The van der Waals surface area contributed by atoms with Crippen molar-refractivity contribution in [1.82, 2.24) is 4.90 Å². The van der Waals surface area contributed by atoms with Crippen molar-refractivity contribution in [3.05, 3.63) is 35.9 Å². The monoisotopic (exact) mass is 343 g/mol. The third kappa shape index (κ3) is 4.86. The quantitative estimate of drug-likeness (QED) is 0.552. The molecule has 0 heterocycles. The lowest BCUT2D eigenvalue weighted by molar-refractivity contribution is -0.111. The third-order valence-corrected chi connectivity index (χ3v) is 7.09. The molecule has 0 unspecified atom stereocenters. The van der Waals surface area contributed by atoms with Gasteiger partial charge in [0.05, 0.1) is 0 Å². The Labute approximate surface area is 154 Å². The van der Waals surface area contributed by atoms with E-state index in [9.17, 15) is 0 Å². The molecule has 0 radical (unpaired) electrons. The highest BCUT2D eigenvalue weighted by atomic mass is 16.5. The molecule has 0 aliphatic heterocycles. The van der Waals surface area contributed by atoms with Gasteiger partial charge in [0.15, 0.2) is 0 Å². The fraction of sp³-hybridized carbons (Fsp3) is 0.739. The summed E-state index contributed by atoms with van der Waals surface area (Å²) in [4.78, 5) is 2.43. The molecule has 0 saturated heterocycles. The van der Waals surface area contributed by atoms with Crippen LogP contribution in [0.5, 0.6) is 0 Å². The molecule has 3 saturated carbocycles. The topological polar surface area (TPSA) is 12.5 Å². The van der Waals surface area contributed by atoms with E-state index in [-0.39, 0.29) is 0 Å². The molecule has 0 N–H and O–H groups in total. The number of rotatable bonds is 10. The maximum Gasteiger partial charge on any atom is 0.0478 e. The van der Waals surface area contributed by atoms with Crippen LogP contribution in [-0.2, 0) is 11.2 Å². The van der Waals surface area contributed by atoms with Gasteiger partial charge in [-0.15, -0.1) is 0 Å². The molecule has 3 aliphatic carbocycles. The first kappa shape index (κ1) is 18.9. The molecular formula is C23H37NO. The van der Waals surface area contributed by atoms with E-state index >= 15 is 0 Å². The molecular weight excluding hydrogens is 306 g/mol. The zero-order valence-corrected chi connectivity index (χ0v) is 16.5. The maximum absolute atomic E-state index is 5.96. The molecule has 2 nitrogen and oxygen atoms in total. The summed E-state index contributed by atoms with van der Waals surface area (Å²) in [5.41, 5.74) is 2.05. The first-order chi connectivity index (χ1) is 12.1. The lowest BCUT2D eigenvalue weighted by Crippen LogP contribution is -2.52. The third-order valence-electron chi connectivity index (χ3n) is 7.09. The highest BCUT2D eigenvalue weighted by Gasteiger charge is 2.53. The Morgan fingerprint density at radius 3 is 2.60 bits per heavy atom. The van der Waals surface area contributed by atoms with E-state index in [0.717, 1.165) is 56.9 Å². The molecule has 2 bridgehead atoms. The van der Waals surface area contributed by atoms with Gasteiger partial charge in [-0.3, -0.25) is 0 Å². The van der Waals surface area contributed by atoms with Gasteiger partial charge < -0.3 is 9.64 Å². The van der Waals surface area contributed by atoms with Gasteiger partial charge >= 0.3 is 0 Å². The van der Waals surface area contributed by atoms with Gasteiger partial charge in [-0.25, -0.2) is 0 Å². The van der Waals surface area contributed by atoms with E-state index in [1.54, 1.807) is 0 Å². The van der Waals surface area contributed by atoms with Crippen LogP contribution in [0.15, 0.2) is 30.3 Å². The van der Waals surface area contributed by atoms with Gasteiger partial charge in [0.1, 0.15) is 0 Å². The van der Waals surface area contributed by atoms with Crippen LogP contribution in [-0.4, -0.2) is 38.3 Å². The summed E-state index contributed by atoms with van der Waals surface area (Å²) in [5, 5.41) is 0. The number of benzene rings is 1. The van der Waals surface area contributed by atoms with Crippen molar-refractivity contribution >= 4 is 0 Å². The summed E-state index contributed by atoms with van der Waals surface area (Å²) in [5.74, 6) is 2.91. The number of likely N-dealkylation sites (N-methyl/N-ethyl adjacent to an activating group) is 1. The molecule has 3 atom stereocenters. The van der Waals surface area contributed by atoms with Crippen LogP contribution in [0, 0.1) is 23.2 Å². The van der Waals surface area contributed by atoms with E-state index in [2.05, 4.69) is 56.1 Å². The number of hydrogen-bond donors (Lipinski definition) is 0. The Bertz CT molecular complexity index is 510. The highest BCUT2D eigenvalue weighted by molar-refractivity contribution is 5.14. The number of fused-ring (bicyclic) bond motifs is 2. The molecule has 4 rings (SSSR count). The molecule has 1 aromatic carbocycles. The predicted octanol–water partition coefficient (Wildman–Crippen LogP) is 5.03. The summed E-state index contributed by atoms with van der Waals surface area (Å²) in [6.45, 7) is 9.13. The summed E-state index contributed by atoms with van der Waals surface area (Å²) >= 11 is 0. The second-order valence-electron chi connectivity index (χ2n) is 8.99. The molecule has 1 aromatic rings. The van der Waals surface area contributed by atoms with E-state index in [1.807, 2.05) is 0 Å². The Hall–Kier alpha value is -0.860. The van der Waals surface area contributed by atoms with Gasteiger partial charge in [-0.1, -0.05) is 44.2 Å². The van der Waals surface area contributed by atoms with Crippen LogP contribution in [0.25, 0.3) is 0 Å². The van der Waals surface area contributed by atoms with Crippen molar-refractivity contribution in [2.75, 3.05) is 33.4 Å². The van der Waals surface area contributed by atoms with Crippen molar-refractivity contribution in [2.45, 2.75) is 52.4 Å². The van der Waals surface area contributed by atoms with Crippen molar-refractivity contribution in [2.24, 2.45) is 23.2 Å². The summed E-state index contributed by atoms with van der Waals surface area (Å²) < 4.78 is 5.96. The number of hydrogen-bond acceptors (Lipinski definition) is 2. The minimum absolute atomic E-state index is 0.615. The fourth-order valence-corrected chi connectivity index (χ4v) is 5.16. The minimum Gasteiger partial charge on any atom is -0.381 e. The Morgan fingerprint density at radius 2 is 1.88 bits per heavy atom. The fourth-order valence-electron chi connectivity index (χ4n) is 5.16. The molecule has 3 fully saturated rings. The van der Waals surface area contributed by atoms with Gasteiger partial charge in [-0.2, -0.15) is 0 Å². The zero-order valence-electron chi connectivity index (χ0n) is 16.5. The zero-order chi connectivity index (χ0) is 17.7. The van der Waals surface area contributed by atoms with Crippen LogP contribution in [0.4, 0.5) is 0 Å². The average molecular weight is 344 g/mol. The minimum atomic E-state index is 0.615. The van der Waals surface area contributed by atoms with E-state index in [1.165, 1.54) is 31.2 Å². The second-order valence-corrected chi connectivity index (χ2v) is 8.99. The molecule has 140 valence electrons. The van der Waals surface area contributed by atoms with Crippen LogP contribution < -0.4 is 0 Å². The smallest absolute Gasteiger partial charge is 0.0478 e. The first-order valence-electron chi connectivity index (χ1n) is 10.4. The Kier molecular flexibility index (Phi) is 6.57. The molecule has 2 heteroatoms. The highest BCUT2D eigenvalue weighted by Crippen LogP contribution is 2.61. The largest absolute Gasteiger partial charge is 0.381 e. The van der Waals surface area contributed by atoms with E-state index in [0.29, 0.717) is 5.41 Å². The standard InChI is InChI=1S/C23H37NO/c1-23(2)21-11-10-20(22(23)18-21)13-17-25-16-7-14-24(3)15-12-19-8-5-4-6-9-19/h4-6,8-9,20-22H,7,10-18H2,1-3H3/t20-,21-,22-/m0/s1. The van der Waals surface area contributed by atoms with Gasteiger partial charge in [0, 0.05) is 26.3 Å². The van der Waals surface area contributed by atoms with Crippen molar-refractivity contribution in [3.63, 3.8) is 0 Å². The molecule has 0 aromatic heterocycles. The lowest BCUT2D eigenvalue weighted by atomic mass is 9.45. The predicted molar refractivity (Wildman–Crippen MR) is 106 cm³/mol. The van der Waals surface area contributed by atoms with Crippen molar-refractivity contribution in [3.8, 4) is 0 Å². The number of nitrogens with zero attached hydrogens (tertiary/aromatic N) is 1. The molecule has 0 amide bonds. The maximum atomic E-state index is 5.96. The normalized spacial score (nSPS) is 27.3. The van der Waals surface area contributed by atoms with Crippen molar-refractivity contribution in [1.29, 1.82) is 0 Å². The Balaban J connectivity index is 1.21. The van der Waals surface area contributed by atoms with E-state index in [4.69, 9.17) is 4.74 Å².